The van der Waals surface area contributed by atoms with E-state index in [-0.39, 0.29) is 23.5 Å². The molecule has 0 aliphatic heterocycles. The lowest BCUT2D eigenvalue weighted by molar-refractivity contribution is -0.385. The number of nitrogen functional groups attached to an aromatic ring is 2. The van der Waals surface area contributed by atoms with Gasteiger partial charge in [0.25, 0.3) is 0 Å². The van der Waals surface area contributed by atoms with E-state index in [1.807, 2.05) is 48.5 Å². The molecule has 1 aliphatic carbocycles. The third kappa shape index (κ3) is 5.75. The molecule has 0 spiro atoms. The highest BCUT2D eigenvalue weighted by molar-refractivity contribution is 7.99. The highest BCUT2D eigenvalue weighted by Gasteiger charge is 2.27. The molecule has 0 unspecified atom stereocenters. The summed E-state index contributed by atoms with van der Waals surface area (Å²) in [6.07, 6.45) is 4.19. The minimum absolute atomic E-state index is 0.121. The Balaban J connectivity index is 1.53. The van der Waals surface area contributed by atoms with Crippen molar-refractivity contribution in [1.29, 1.82) is 0 Å². The average Bonchev–Trinajstić information content (AvgIpc) is 2.81. The van der Waals surface area contributed by atoms with Crippen molar-refractivity contribution in [3.63, 3.8) is 0 Å². The van der Waals surface area contributed by atoms with Crippen molar-refractivity contribution in [2.24, 2.45) is 11.7 Å². The fraction of sp³-hybridized carbons (Fsp3) is 0.333. The number of nitrogens with zero attached hydrogens (tertiary/aromatic N) is 3. The van der Waals surface area contributed by atoms with Crippen LogP contribution in [0.5, 0.6) is 0 Å². The minimum atomic E-state index is -0.487. The molecule has 34 heavy (non-hydrogen) atoms. The van der Waals surface area contributed by atoms with Crippen LogP contribution in [0.4, 0.5) is 23.1 Å². The number of para-hydroxylation sites is 1. The Bertz CT molecular complexity index is 1170. The summed E-state index contributed by atoms with van der Waals surface area (Å²) in [5.74, 6) is 0.462. The molecule has 2 aromatic carbocycles. The van der Waals surface area contributed by atoms with Crippen molar-refractivity contribution >= 4 is 34.9 Å². The van der Waals surface area contributed by atoms with Gasteiger partial charge in [0.1, 0.15) is 5.69 Å². The Hall–Kier alpha value is -3.37. The van der Waals surface area contributed by atoms with Crippen LogP contribution >= 0.6 is 11.8 Å². The van der Waals surface area contributed by atoms with Gasteiger partial charge in [-0.25, -0.2) is 4.98 Å². The predicted octanol–water partition coefficient (Wildman–Crippen LogP) is 4.37. The van der Waals surface area contributed by atoms with E-state index in [1.165, 1.54) is 0 Å². The molecule has 0 amide bonds. The lowest BCUT2D eigenvalue weighted by Crippen LogP contribution is -2.27. The molecule has 1 heterocycles. The van der Waals surface area contributed by atoms with Crippen LogP contribution in [-0.4, -0.2) is 20.9 Å². The fourth-order valence-corrected chi connectivity index (χ4v) is 5.21. The van der Waals surface area contributed by atoms with Gasteiger partial charge in [-0.05, 0) is 61.8 Å². The van der Waals surface area contributed by atoms with Crippen LogP contribution in [0.15, 0.2) is 58.3 Å². The SMILES string of the molecule is Nc1ccccc1Sc1ccccc1CNc1nc(N)c([N+](=O)[O-])c(C[C@H]2CC[C@H](N)CC2)n1. The van der Waals surface area contributed by atoms with Gasteiger partial charge < -0.3 is 22.5 Å². The van der Waals surface area contributed by atoms with Gasteiger partial charge in [0.05, 0.1) is 4.92 Å². The zero-order valence-corrected chi connectivity index (χ0v) is 19.6. The molecule has 7 N–H and O–H groups in total. The minimum Gasteiger partial charge on any atom is -0.398 e. The molecule has 1 aromatic heterocycles. The smallest absolute Gasteiger partial charge is 0.332 e. The second-order valence-electron chi connectivity index (χ2n) is 8.57. The van der Waals surface area contributed by atoms with E-state index < -0.39 is 4.92 Å². The Kier molecular flexibility index (Phi) is 7.49. The quantitative estimate of drug-likeness (QED) is 0.209. The molecule has 0 radical (unpaired) electrons. The second-order valence-corrected chi connectivity index (χ2v) is 9.65. The predicted molar refractivity (Wildman–Crippen MR) is 135 cm³/mol. The zero-order valence-electron chi connectivity index (χ0n) is 18.8. The van der Waals surface area contributed by atoms with E-state index >= 15 is 0 Å². The number of nitrogens with one attached hydrogen (secondary N) is 1. The first-order chi connectivity index (χ1) is 16.4. The first kappa shape index (κ1) is 23.8. The van der Waals surface area contributed by atoms with Crippen molar-refractivity contribution in [1.82, 2.24) is 9.97 Å². The van der Waals surface area contributed by atoms with E-state index in [4.69, 9.17) is 17.2 Å². The van der Waals surface area contributed by atoms with Gasteiger partial charge in [-0.15, -0.1) is 0 Å². The maximum Gasteiger partial charge on any atom is 0.332 e. The largest absolute Gasteiger partial charge is 0.398 e. The summed E-state index contributed by atoms with van der Waals surface area (Å²) >= 11 is 1.58. The summed E-state index contributed by atoms with van der Waals surface area (Å²) in [5, 5.41) is 14.9. The Labute approximate surface area is 202 Å². The van der Waals surface area contributed by atoms with Crippen LogP contribution in [-0.2, 0) is 13.0 Å². The number of aromatic nitrogens is 2. The highest BCUT2D eigenvalue weighted by Crippen LogP contribution is 2.35. The van der Waals surface area contributed by atoms with Crippen LogP contribution in [0.1, 0.15) is 36.9 Å². The van der Waals surface area contributed by atoms with Gasteiger partial charge in [-0.3, -0.25) is 10.1 Å². The summed E-state index contributed by atoms with van der Waals surface area (Å²) in [5.41, 5.74) is 20.0. The fourth-order valence-electron chi connectivity index (χ4n) is 4.22. The van der Waals surface area contributed by atoms with Gasteiger partial charge in [0.15, 0.2) is 0 Å². The van der Waals surface area contributed by atoms with Gasteiger partial charge in [0.2, 0.25) is 11.8 Å². The maximum atomic E-state index is 11.7. The first-order valence-corrected chi connectivity index (χ1v) is 12.1. The number of nitrogens with two attached hydrogens (primary N) is 3. The lowest BCUT2D eigenvalue weighted by Gasteiger charge is -2.25. The van der Waals surface area contributed by atoms with Crippen molar-refractivity contribution in [3.8, 4) is 0 Å². The molecular weight excluding hydrogens is 450 g/mol. The molecule has 0 saturated heterocycles. The van der Waals surface area contributed by atoms with Crippen LogP contribution in [0.2, 0.25) is 0 Å². The normalized spacial score (nSPS) is 17.9. The van der Waals surface area contributed by atoms with E-state index in [9.17, 15) is 10.1 Å². The molecule has 178 valence electrons. The van der Waals surface area contributed by atoms with Crippen LogP contribution in [0.25, 0.3) is 0 Å². The Morgan fingerprint density at radius 1 is 1.00 bits per heavy atom. The monoisotopic (exact) mass is 479 g/mol. The van der Waals surface area contributed by atoms with E-state index in [2.05, 4.69) is 15.3 Å². The highest BCUT2D eigenvalue weighted by atomic mass is 32.2. The van der Waals surface area contributed by atoms with Gasteiger partial charge >= 0.3 is 5.69 Å². The maximum absolute atomic E-state index is 11.7. The summed E-state index contributed by atoms with van der Waals surface area (Å²) in [4.78, 5) is 21.9. The average molecular weight is 480 g/mol. The number of hydrogen-bond acceptors (Lipinski definition) is 9. The summed E-state index contributed by atoms with van der Waals surface area (Å²) in [7, 11) is 0. The van der Waals surface area contributed by atoms with Crippen molar-refractivity contribution in [2.75, 3.05) is 16.8 Å². The summed E-state index contributed by atoms with van der Waals surface area (Å²) < 4.78 is 0. The molecule has 0 atom stereocenters. The van der Waals surface area contributed by atoms with Gasteiger partial charge in [-0.1, -0.05) is 42.1 Å². The zero-order chi connectivity index (χ0) is 24.1. The molecule has 1 saturated carbocycles. The molecule has 10 heteroatoms. The molecule has 9 nitrogen and oxygen atoms in total. The number of benzene rings is 2. The van der Waals surface area contributed by atoms with E-state index in [1.54, 1.807) is 11.8 Å². The van der Waals surface area contributed by atoms with Crippen molar-refractivity contribution < 1.29 is 4.92 Å². The third-order valence-electron chi connectivity index (χ3n) is 6.09. The Morgan fingerprint density at radius 2 is 1.68 bits per heavy atom. The molecular formula is C24H29N7O2S. The number of rotatable bonds is 8. The number of hydrogen-bond donors (Lipinski definition) is 4. The van der Waals surface area contributed by atoms with Crippen molar-refractivity contribution in [2.45, 2.75) is 54.5 Å². The van der Waals surface area contributed by atoms with E-state index in [0.717, 1.165) is 46.7 Å². The topological polar surface area (TPSA) is 159 Å². The van der Waals surface area contributed by atoms with Crippen molar-refractivity contribution in [3.05, 3.63) is 69.9 Å². The van der Waals surface area contributed by atoms with Crippen LogP contribution in [0.3, 0.4) is 0 Å². The molecule has 0 bridgehead atoms. The standard InChI is InChI=1S/C24H29N7O2S/c25-17-11-9-15(10-12-17)13-19-22(31(32)33)23(27)30-24(29-19)28-14-16-5-1-3-7-20(16)34-21-8-4-2-6-18(21)26/h1-8,15,17H,9-14,25-26H2,(H3,27,28,29,30)/t15-,17-. The molecule has 1 fully saturated rings. The molecule has 4 rings (SSSR count). The van der Waals surface area contributed by atoms with E-state index in [0.29, 0.717) is 24.6 Å². The van der Waals surface area contributed by atoms with Gasteiger partial charge in [0, 0.05) is 28.1 Å². The number of anilines is 3. The third-order valence-corrected chi connectivity index (χ3v) is 7.30. The molecule has 3 aromatic rings. The summed E-state index contributed by atoms with van der Waals surface area (Å²) in [6.45, 7) is 0.435. The van der Waals surface area contributed by atoms with Gasteiger partial charge in [-0.2, -0.15) is 4.98 Å². The summed E-state index contributed by atoms with van der Waals surface area (Å²) in [6, 6.07) is 15.9. The Morgan fingerprint density at radius 3 is 2.38 bits per heavy atom. The number of nitro groups is 1. The second kappa shape index (κ2) is 10.7. The van der Waals surface area contributed by atoms with Crippen LogP contribution < -0.4 is 22.5 Å². The lowest BCUT2D eigenvalue weighted by atomic mass is 9.83. The van der Waals surface area contributed by atoms with Crippen LogP contribution in [0, 0.1) is 16.0 Å². The molecule has 1 aliphatic rings. The first-order valence-electron chi connectivity index (χ1n) is 11.3.